The number of carbonyl (C=O) groups excluding carboxylic acids is 2. The van der Waals surface area contributed by atoms with Crippen molar-refractivity contribution in [2.24, 2.45) is 0 Å². The Hall–Kier alpha value is -1.76. The highest BCUT2D eigenvalue weighted by atomic mass is 79.9. The molecule has 2 aromatic carbocycles. The van der Waals surface area contributed by atoms with E-state index in [1.54, 1.807) is 24.3 Å². The lowest BCUT2D eigenvalue weighted by Crippen LogP contribution is -2.33. The Morgan fingerprint density at radius 1 is 1.17 bits per heavy atom. The van der Waals surface area contributed by atoms with E-state index in [-0.39, 0.29) is 17.8 Å². The Labute approximate surface area is 157 Å². The lowest BCUT2D eigenvalue weighted by molar-refractivity contribution is -0.122. The molecule has 1 saturated heterocycles. The Bertz CT molecular complexity index is 841. The number of nitrogens with one attached hydrogen (secondary N) is 1. The summed E-state index contributed by atoms with van der Waals surface area (Å²) in [5, 5.41) is 3.37. The van der Waals surface area contributed by atoms with E-state index < -0.39 is 0 Å². The van der Waals surface area contributed by atoms with Crippen LogP contribution in [0.4, 0.5) is 10.5 Å². The molecular formula is C17H12BrClN2O2S. The molecule has 1 aliphatic rings. The van der Waals surface area contributed by atoms with Gasteiger partial charge in [-0.25, -0.2) is 0 Å². The number of hydrogen-bond acceptors (Lipinski definition) is 4. The first-order chi connectivity index (χ1) is 11.5. The predicted octanol–water partition coefficient (Wildman–Crippen LogP) is 5.21. The Kier molecular flexibility index (Phi) is 5.28. The summed E-state index contributed by atoms with van der Waals surface area (Å²) in [5.41, 5.74) is 1.60. The van der Waals surface area contributed by atoms with Crippen LogP contribution in [0.25, 0.3) is 6.08 Å². The van der Waals surface area contributed by atoms with E-state index in [9.17, 15) is 9.59 Å². The molecule has 3 rings (SSSR count). The maximum Gasteiger partial charge on any atom is 0.295 e. The van der Waals surface area contributed by atoms with Crippen LogP contribution in [0.2, 0.25) is 5.02 Å². The van der Waals surface area contributed by atoms with Crippen molar-refractivity contribution in [2.45, 2.75) is 0 Å². The standard InChI is InChI=1S/C17H12BrClN2O2S/c18-13-6-1-2-7-14(13)20-10-21-16(22)15(24-17(21)23)9-11-4-3-5-12(19)8-11/h1-9,20H,10H2/b15-9+. The zero-order valence-electron chi connectivity index (χ0n) is 12.3. The van der Waals surface area contributed by atoms with E-state index in [0.717, 1.165) is 27.5 Å². The molecule has 0 aromatic heterocycles. The summed E-state index contributed by atoms with van der Waals surface area (Å²) in [4.78, 5) is 26.1. The molecule has 1 fully saturated rings. The number of amides is 2. The van der Waals surface area contributed by atoms with Crippen LogP contribution in [0, 0.1) is 0 Å². The highest BCUT2D eigenvalue weighted by Gasteiger charge is 2.34. The van der Waals surface area contributed by atoms with E-state index in [0.29, 0.717) is 9.93 Å². The zero-order chi connectivity index (χ0) is 17.1. The summed E-state index contributed by atoms with van der Waals surface area (Å²) < 4.78 is 0.867. The van der Waals surface area contributed by atoms with Gasteiger partial charge in [-0.2, -0.15) is 0 Å². The molecule has 2 amide bonds. The van der Waals surface area contributed by atoms with Crippen molar-refractivity contribution in [3.63, 3.8) is 0 Å². The number of imide groups is 1. The van der Waals surface area contributed by atoms with Crippen molar-refractivity contribution >= 4 is 62.2 Å². The van der Waals surface area contributed by atoms with E-state index in [1.165, 1.54) is 4.90 Å². The molecule has 2 aromatic rings. The van der Waals surface area contributed by atoms with Gasteiger partial charge in [0, 0.05) is 15.2 Å². The molecule has 4 nitrogen and oxygen atoms in total. The molecule has 1 N–H and O–H groups in total. The molecule has 24 heavy (non-hydrogen) atoms. The van der Waals surface area contributed by atoms with Crippen LogP contribution in [0.3, 0.4) is 0 Å². The van der Waals surface area contributed by atoms with E-state index in [2.05, 4.69) is 21.2 Å². The largest absolute Gasteiger partial charge is 0.366 e. The molecule has 1 aliphatic heterocycles. The number of hydrogen-bond donors (Lipinski definition) is 1. The van der Waals surface area contributed by atoms with Crippen LogP contribution < -0.4 is 5.32 Å². The number of anilines is 1. The number of benzene rings is 2. The summed E-state index contributed by atoms with van der Waals surface area (Å²) in [5.74, 6) is -0.315. The van der Waals surface area contributed by atoms with E-state index in [4.69, 9.17) is 11.6 Å². The number of thioether (sulfide) groups is 1. The molecular weight excluding hydrogens is 412 g/mol. The Balaban J connectivity index is 1.73. The second-order valence-corrected chi connectivity index (χ2v) is 7.26. The van der Waals surface area contributed by atoms with Crippen LogP contribution in [0.15, 0.2) is 57.9 Å². The molecule has 0 bridgehead atoms. The minimum absolute atomic E-state index is 0.111. The number of rotatable bonds is 4. The van der Waals surface area contributed by atoms with Crippen LogP contribution in [-0.2, 0) is 4.79 Å². The summed E-state index contributed by atoms with van der Waals surface area (Å²) >= 11 is 10.3. The molecule has 0 unspecified atom stereocenters. The van der Waals surface area contributed by atoms with Gasteiger partial charge in [0.05, 0.1) is 11.6 Å². The summed E-state index contributed by atoms with van der Waals surface area (Å²) in [6.45, 7) is 0.111. The molecule has 1 heterocycles. The molecule has 0 aliphatic carbocycles. The van der Waals surface area contributed by atoms with Gasteiger partial charge in [-0.15, -0.1) is 0 Å². The number of para-hydroxylation sites is 1. The SMILES string of the molecule is O=C1S/C(=C/c2cccc(Cl)c2)C(=O)N1CNc1ccccc1Br. The fourth-order valence-electron chi connectivity index (χ4n) is 2.15. The van der Waals surface area contributed by atoms with Crippen molar-refractivity contribution in [3.05, 3.63) is 68.5 Å². The van der Waals surface area contributed by atoms with Gasteiger partial charge in [0.1, 0.15) is 0 Å². The van der Waals surface area contributed by atoms with Gasteiger partial charge in [0.25, 0.3) is 11.1 Å². The maximum atomic E-state index is 12.4. The third-order valence-electron chi connectivity index (χ3n) is 3.32. The first-order valence-corrected chi connectivity index (χ1v) is 9.02. The van der Waals surface area contributed by atoms with Gasteiger partial charge in [-0.1, -0.05) is 35.9 Å². The topological polar surface area (TPSA) is 49.4 Å². The van der Waals surface area contributed by atoms with Crippen LogP contribution in [0.5, 0.6) is 0 Å². The van der Waals surface area contributed by atoms with Crippen LogP contribution in [-0.4, -0.2) is 22.7 Å². The highest BCUT2D eigenvalue weighted by molar-refractivity contribution is 9.10. The minimum Gasteiger partial charge on any atom is -0.366 e. The van der Waals surface area contributed by atoms with Gasteiger partial charge < -0.3 is 5.32 Å². The fourth-order valence-corrected chi connectivity index (χ4v) is 3.61. The van der Waals surface area contributed by atoms with Crippen molar-refractivity contribution in [3.8, 4) is 0 Å². The van der Waals surface area contributed by atoms with Crippen molar-refractivity contribution in [2.75, 3.05) is 12.0 Å². The molecule has 7 heteroatoms. The number of carbonyl (C=O) groups is 2. The summed E-state index contributed by atoms with van der Waals surface area (Å²) in [6, 6.07) is 14.6. The third kappa shape index (κ3) is 3.83. The lowest BCUT2D eigenvalue weighted by Gasteiger charge is -2.15. The quantitative estimate of drug-likeness (QED) is 0.686. The van der Waals surface area contributed by atoms with Gasteiger partial charge in [-0.05, 0) is 63.6 Å². The maximum absolute atomic E-state index is 12.4. The van der Waals surface area contributed by atoms with E-state index >= 15 is 0 Å². The molecule has 0 saturated carbocycles. The minimum atomic E-state index is -0.315. The monoisotopic (exact) mass is 422 g/mol. The fraction of sp³-hybridized carbons (Fsp3) is 0.0588. The summed E-state index contributed by atoms with van der Waals surface area (Å²) in [7, 11) is 0. The third-order valence-corrected chi connectivity index (χ3v) is 5.16. The highest BCUT2D eigenvalue weighted by Crippen LogP contribution is 2.32. The number of nitrogens with zero attached hydrogens (tertiary/aromatic N) is 1. The second-order valence-electron chi connectivity index (χ2n) is 4.98. The van der Waals surface area contributed by atoms with Gasteiger partial charge in [0.15, 0.2) is 0 Å². The van der Waals surface area contributed by atoms with Crippen molar-refractivity contribution < 1.29 is 9.59 Å². The van der Waals surface area contributed by atoms with Crippen molar-refractivity contribution in [1.82, 2.24) is 4.90 Å². The average molecular weight is 424 g/mol. The first-order valence-electron chi connectivity index (χ1n) is 7.04. The van der Waals surface area contributed by atoms with Crippen LogP contribution >= 0.6 is 39.3 Å². The predicted molar refractivity (Wildman–Crippen MR) is 102 cm³/mol. The second kappa shape index (κ2) is 7.42. The van der Waals surface area contributed by atoms with Gasteiger partial charge in [-0.3, -0.25) is 14.5 Å². The normalized spacial score (nSPS) is 16.1. The van der Waals surface area contributed by atoms with Crippen LogP contribution in [0.1, 0.15) is 5.56 Å². The first kappa shape index (κ1) is 17.1. The Morgan fingerprint density at radius 3 is 2.71 bits per heavy atom. The molecule has 122 valence electrons. The molecule has 0 spiro atoms. The average Bonchev–Trinajstić information content (AvgIpc) is 2.81. The zero-order valence-corrected chi connectivity index (χ0v) is 15.5. The van der Waals surface area contributed by atoms with E-state index in [1.807, 2.05) is 30.3 Å². The Morgan fingerprint density at radius 2 is 1.96 bits per heavy atom. The van der Waals surface area contributed by atoms with Gasteiger partial charge >= 0.3 is 0 Å². The number of halogens is 2. The van der Waals surface area contributed by atoms with Gasteiger partial charge in [0.2, 0.25) is 0 Å². The smallest absolute Gasteiger partial charge is 0.295 e. The summed E-state index contributed by atoms with van der Waals surface area (Å²) in [6.07, 6.45) is 1.68. The van der Waals surface area contributed by atoms with Crippen molar-refractivity contribution in [1.29, 1.82) is 0 Å². The lowest BCUT2D eigenvalue weighted by atomic mass is 10.2. The molecule has 0 radical (unpaired) electrons. The molecule has 0 atom stereocenters.